The Morgan fingerprint density at radius 3 is 2.78 bits per heavy atom. The molecule has 27 heavy (non-hydrogen) atoms. The van der Waals surface area contributed by atoms with Crippen molar-refractivity contribution in [1.82, 2.24) is 0 Å². The molecule has 0 saturated heterocycles. The van der Waals surface area contributed by atoms with Gasteiger partial charge in [-0.25, -0.2) is 4.39 Å². The van der Waals surface area contributed by atoms with Crippen LogP contribution in [0.3, 0.4) is 0 Å². The Morgan fingerprint density at radius 1 is 1.22 bits per heavy atom. The van der Waals surface area contributed by atoms with Crippen molar-refractivity contribution < 1.29 is 18.7 Å². The summed E-state index contributed by atoms with van der Waals surface area (Å²) in [5, 5.41) is 12.6. The van der Waals surface area contributed by atoms with E-state index in [1.54, 1.807) is 30.3 Å². The number of hydrogen-bond donors (Lipinski definition) is 2. The number of fused-ring (bicyclic) bond motifs is 1. The maximum Gasteiger partial charge on any atom is 0.231 e. The monoisotopic (exact) mass is 381 g/mol. The highest BCUT2D eigenvalue weighted by molar-refractivity contribution is 7.19. The fourth-order valence-corrected chi connectivity index (χ4v) is 3.71. The Hall–Kier alpha value is -3.57. The quantitative estimate of drug-likeness (QED) is 0.662. The van der Waals surface area contributed by atoms with Crippen LogP contribution in [-0.2, 0) is 0 Å². The summed E-state index contributed by atoms with van der Waals surface area (Å²) < 4.78 is 24.4. The number of anilines is 3. The van der Waals surface area contributed by atoms with Crippen molar-refractivity contribution in [3.63, 3.8) is 0 Å². The van der Waals surface area contributed by atoms with E-state index in [2.05, 4.69) is 5.32 Å². The first-order valence-electron chi connectivity index (χ1n) is 7.86. The summed E-state index contributed by atoms with van der Waals surface area (Å²) in [6.45, 7) is 0.101. The van der Waals surface area contributed by atoms with Gasteiger partial charge >= 0.3 is 0 Å². The molecular weight excluding hydrogens is 369 g/mol. The van der Waals surface area contributed by atoms with Crippen LogP contribution in [0.4, 0.5) is 20.8 Å². The van der Waals surface area contributed by atoms with E-state index in [-0.39, 0.29) is 34.4 Å². The van der Waals surface area contributed by atoms with Gasteiger partial charge in [-0.05, 0) is 30.3 Å². The number of ether oxygens (including phenoxy) is 2. The molecule has 0 fully saturated rings. The van der Waals surface area contributed by atoms with Gasteiger partial charge in [0.25, 0.3) is 0 Å². The van der Waals surface area contributed by atoms with Gasteiger partial charge in [0.1, 0.15) is 27.3 Å². The van der Waals surface area contributed by atoms with E-state index in [1.807, 2.05) is 6.07 Å². The van der Waals surface area contributed by atoms with Gasteiger partial charge in [0.15, 0.2) is 11.5 Å². The van der Waals surface area contributed by atoms with Crippen LogP contribution in [0, 0.1) is 17.1 Å². The lowest BCUT2D eigenvalue weighted by molar-refractivity contribution is 0.104. The average Bonchev–Trinajstić information content (AvgIpc) is 3.26. The van der Waals surface area contributed by atoms with Crippen molar-refractivity contribution in [3.8, 4) is 17.6 Å². The predicted molar refractivity (Wildman–Crippen MR) is 99.1 cm³/mol. The maximum absolute atomic E-state index is 13.9. The molecule has 0 saturated carbocycles. The minimum Gasteiger partial charge on any atom is -0.454 e. The highest BCUT2D eigenvalue weighted by Gasteiger charge is 2.24. The molecule has 0 atom stereocenters. The van der Waals surface area contributed by atoms with E-state index in [9.17, 15) is 14.4 Å². The molecule has 2 heterocycles. The first-order chi connectivity index (χ1) is 13.1. The smallest absolute Gasteiger partial charge is 0.231 e. The Kier molecular flexibility index (Phi) is 4.14. The van der Waals surface area contributed by atoms with Gasteiger partial charge in [0.2, 0.25) is 12.6 Å². The number of para-hydroxylation sites is 1. The van der Waals surface area contributed by atoms with E-state index >= 15 is 0 Å². The van der Waals surface area contributed by atoms with Gasteiger partial charge in [-0.1, -0.05) is 12.1 Å². The number of nitriles is 1. The SMILES string of the molecule is N#Cc1c(Nc2ccccc2F)sc(C(=O)c2ccc3c(c2)OCO3)c1N. The van der Waals surface area contributed by atoms with Crippen LogP contribution in [0.2, 0.25) is 0 Å². The van der Waals surface area contributed by atoms with Crippen molar-refractivity contribution in [3.05, 3.63) is 64.3 Å². The van der Waals surface area contributed by atoms with Gasteiger partial charge in [-0.3, -0.25) is 4.79 Å². The number of ketones is 1. The van der Waals surface area contributed by atoms with Crippen LogP contribution in [0.25, 0.3) is 0 Å². The molecule has 3 aromatic rings. The highest BCUT2D eigenvalue weighted by Crippen LogP contribution is 2.40. The van der Waals surface area contributed by atoms with Crippen LogP contribution < -0.4 is 20.5 Å². The molecular formula is C19H12FN3O3S. The van der Waals surface area contributed by atoms with Crippen LogP contribution in [-0.4, -0.2) is 12.6 Å². The third-order valence-electron chi connectivity index (χ3n) is 4.02. The molecule has 1 aliphatic heterocycles. The predicted octanol–water partition coefficient (Wildman–Crippen LogP) is 4.04. The van der Waals surface area contributed by atoms with E-state index in [4.69, 9.17) is 15.2 Å². The number of rotatable bonds is 4. The Labute approximate surface area is 157 Å². The second-order valence-electron chi connectivity index (χ2n) is 5.66. The van der Waals surface area contributed by atoms with Crippen molar-refractivity contribution in [2.75, 3.05) is 17.8 Å². The number of carbonyl (C=O) groups excluding carboxylic acids is 1. The molecule has 8 heteroatoms. The highest BCUT2D eigenvalue weighted by atomic mass is 32.1. The van der Waals surface area contributed by atoms with Crippen LogP contribution in [0.1, 0.15) is 20.8 Å². The standard InChI is InChI=1S/C19H12FN3O3S/c20-12-3-1-2-4-13(12)23-19-11(8-21)16(22)18(27-19)17(24)10-5-6-14-15(7-10)26-9-25-14/h1-7,23H,9,22H2. The molecule has 0 amide bonds. The zero-order valence-corrected chi connectivity index (χ0v) is 14.6. The summed E-state index contributed by atoms with van der Waals surface area (Å²) in [5.74, 6) is 0.206. The molecule has 1 aliphatic rings. The first-order valence-corrected chi connectivity index (χ1v) is 8.68. The minimum absolute atomic E-state index is 0.0593. The fraction of sp³-hybridized carbons (Fsp3) is 0.0526. The fourth-order valence-electron chi connectivity index (χ4n) is 2.67. The van der Waals surface area contributed by atoms with E-state index < -0.39 is 5.82 Å². The number of nitrogen functional groups attached to an aromatic ring is 1. The third-order valence-corrected chi connectivity index (χ3v) is 5.14. The molecule has 6 nitrogen and oxygen atoms in total. The first kappa shape index (κ1) is 16.9. The van der Waals surface area contributed by atoms with E-state index in [1.165, 1.54) is 12.1 Å². The summed E-state index contributed by atoms with van der Waals surface area (Å²) in [7, 11) is 0. The number of nitrogens with one attached hydrogen (secondary N) is 1. The number of carbonyl (C=O) groups is 1. The number of halogens is 1. The second kappa shape index (κ2) is 6.63. The Balaban J connectivity index is 1.71. The normalized spacial score (nSPS) is 11.9. The molecule has 0 aliphatic carbocycles. The summed E-state index contributed by atoms with van der Waals surface area (Å²) in [6, 6.07) is 12.8. The van der Waals surface area contributed by atoms with E-state index in [0.29, 0.717) is 22.1 Å². The van der Waals surface area contributed by atoms with Crippen LogP contribution >= 0.6 is 11.3 Å². The average molecular weight is 381 g/mol. The minimum atomic E-state index is -0.475. The van der Waals surface area contributed by atoms with Crippen molar-refractivity contribution in [2.24, 2.45) is 0 Å². The van der Waals surface area contributed by atoms with Crippen molar-refractivity contribution in [2.45, 2.75) is 0 Å². The molecule has 0 bridgehead atoms. The lowest BCUT2D eigenvalue weighted by Crippen LogP contribution is -2.02. The van der Waals surface area contributed by atoms with Gasteiger partial charge < -0.3 is 20.5 Å². The summed E-state index contributed by atoms with van der Waals surface area (Å²) in [6.07, 6.45) is 0. The zero-order chi connectivity index (χ0) is 19.0. The summed E-state index contributed by atoms with van der Waals surface area (Å²) in [4.78, 5) is 13.1. The van der Waals surface area contributed by atoms with Crippen molar-refractivity contribution >= 4 is 33.5 Å². The lowest BCUT2D eigenvalue weighted by Gasteiger charge is -2.05. The Morgan fingerprint density at radius 2 is 2.00 bits per heavy atom. The van der Waals surface area contributed by atoms with Gasteiger partial charge in [0.05, 0.1) is 11.4 Å². The van der Waals surface area contributed by atoms with Gasteiger partial charge in [-0.15, -0.1) is 11.3 Å². The molecule has 2 aromatic carbocycles. The number of nitrogens with two attached hydrogens (primary N) is 1. The third kappa shape index (κ3) is 2.94. The maximum atomic E-state index is 13.9. The molecule has 1 aromatic heterocycles. The number of nitrogens with zero attached hydrogens (tertiary/aromatic N) is 1. The van der Waals surface area contributed by atoms with Crippen LogP contribution in [0.5, 0.6) is 11.5 Å². The molecule has 0 unspecified atom stereocenters. The van der Waals surface area contributed by atoms with Gasteiger partial charge in [-0.2, -0.15) is 5.26 Å². The lowest BCUT2D eigenvalue weighted by atomic mass is 10.1. The van der Waals surface area contributed by atoms with Gasteiger partial charge in [0, 0.05) is 5.56 Å². The Bertz CT molecular complexity index is 1100. The molecule has 3 N–H and O–H groups in total. The molecule has 0 radical (unpaired) electrons. The summed E-state index contributed by atoms with van der Waals surface area (Å²) >= 11 is 1.00. The van der Waals surface area contributed by atoms with Crippen LogP contribution in [0.15, 0.2) is 42.5 Å². The molecule has 134 valence electrons. The largest absolute Gasteiger partial charge is 0.454 e. The summed E-state index contributed by atoms with van der Waals surface area (Å²) in [5.41, 5.74) is 6.75. The number of hydrogen-bond acceptors (Lipinski definition) is 7. The van der Waals surface area contributed by atoms with E-state index in [0.717, 1.165) is 11.3 Å². The second-order valence-corrected chi connectivity index (χ2v) is 6.68. The number of thiophene rings is 1. The molecule has 0 spiro atoms. The number of benzene rings is 2. The topological polar surface area (TPSA) is 97.4 Å². The van der Waals surface area contributed by atoms with Crippen molar-refractivity contribution in [1.29, 1.82) is 5.26 Å². The molecule has 4 rings (SSSR count). The zero-order valence-electron chi connectivity index (χ0n) is 13.8.